The number of rotatable bonds is 3. The number of aryl methyl sites for hydroxylation is 1. The van der Waals surface area contributed by atoms with Crippen LogP contribution in [-0.4, -0.2) is 36.0 Å². The van der Waals surface area contributed by atoms with Crippen LogP contribution >= 0.6 is 11.3 Å². The van der Waals surface area contributed by atoms with Gasteiger partial charge in [0.2, 0.25) is 10.0 Å². The van der Waals surface area contributed by atoms with Gasteiger partial charge in [-0.3, -0.25) is 5.10 Å². The van der Waals surface area contributed by atoms with Crippen molar-refractivity contribution in [1.29, 1.82) is 0 Å². The maximum absolute atomic E-state index is 12.6. The number of hydrogen-bond donors (Lipinski definition) is 1. The van der Waals surface area contributed by atoms with Gasteiger partial charge in [-0.1, -0.05) is 0 Å². The summed E-state index contributed by atoms with van der Waals surface area (Å²) in [5, 5.41) is 10.5. The largest absolute Gasteiger partial charge is 0.282 e. The van der Waals surface area contributed by atoms with Crippen molar-refractivity contribution in [3.05, 3.63) is 34.3 Å². The molecule has 0 aromatic carbocycles. The first-order chi connectivity index (χ1) is 9.59. The predicted molar refractivity (Wildman–Crippen MR) is 78.4 cm³/mol. The lowest BCUT2D eigenvalue weighted by atomic mass is 9.94. The summed E-state index contributed by atoms with van der Waals surface area (Å²) in [5.41, 5.74) is 2.17. The Balaban J connectivity index is 1.84. The van der Waals surface area contributed by atoms with Gasteiger partial charge in [0.05, 0.1) is 11.1 Å². The van der Waals surface area contributed by atoms with Crippen molar-refractivity contribution in [1.82, 2.24) is 14.5 Å². The Morgan fingerprint density at radius 3 is 3.00 bits per heavy atom. The van der Waals surface area contributed by atoms with Gasteiger partial charge in [0.1, 0.15) is 0 Å². The molecule has 2 aromatic rings. The number of nitrogens with one attached hydrogen (secondary N) is 1. The van der Waals surface area contributed by atoms with Crippen LogP contribution in [0.25, 0.3) is 0 Å². The topological polar surface area (TPSA) is 66.1 Å². The summed E-state index contributed by atoms with van der Waals surface area (Å²) in [7, 11) is -3.35. The quantitative estimate of drug-likeness (QED) is 0.946. The van der Waals surface area contributed by atoms with Crippen molar-refractivity contribution in [2.75, 3.05) is 13.1 Å². The van der Waals surface area contributed by atoms with Crippen LogP contribution < -0.4 is 0 Å². The standard InChI is InChI=1S/C13H17N3O2S2/c1-10-7-14-15-13(10)11-3-2-5-16(8-11)20(17,18)12-4-6-19-9-12/h4,6-7,9,11H,2-3,5,8H2,1H3,(H,14,15). The fourth-order valence-corrected chi connectivity index (χ4v) is 5.25. The molecule has 3 heterocycles. The van der Waals surface area contributed by atoms with Gasteiger partial charge >= 0.3 is 0 Å². The van der Waals surface area contributed by atoms with Crippen molar-refractivity contribution in [3.8, 4) is 0 Å². The Hall–Kier alpha value is -1.18. The molecule has 0 radical (unpaired) electrons. The molecule has 1 atom stereocenters. The number of thiophene rings is 1. The highest BCUT2D eigenvalue weighted by Crippen LogP contribution is 2.31. The molecule has 1 saturated heterocycles. The fourth-order valence-electron chi connectivity index (χ4n) is 2.71. The minimum atomic E-state index is -3.35. The van der Waals surface area contributed by atoms with Gasteiger partial charge in [-0.05, 0) is 36.8 Å². The number of hydrogen-bond acceptors (Lipinski definition) is 4. The van der Waals surface area contributed by atoms with E-state index in [1.807, 2.05) is 6.92 Å². The first-order valence-electron chi connectivity index (χ1n) is 6.61. The van der Waals surface area contributed by atoms with Crippen LogP contribution in [0.2, 0.25) is 0 Å². The van der Waals surface area contributed by atoms with Crippen LogP contribution in [0.3, 0.4) is 0 Å². The number of H-pyrrole nitrogens is 1. The number of sulfonamides is 1. The van der Waals surface area contributed by atoms with Crippen LogP contribution in [0.15, 0.2) is 27.9 Å². The predicted octanol–water partition coefficient (Wildman–Crippen LogP) is 2.35. The summed E-state index contributed by atoms with van der Waals surface area (Å²) in [6.45, 7) is 3.13. The van der Waals surface area contributed by atoms with E-state index in [4.69, 9.17) is 0 Å². The molecule has 108 valence electrons. The number of nitrogens with zero attached hydrogens (tertiary/aromatic N) is 2. The number of piperidine rings is 1. The highest BCUT2D eigenvalue weighted by molar-refractivity contribution is 7.89. The molecule has 0 saturated carbocycles. The third kappa shape index (κ3) is 2.41. The van der Waals surface area contributed by atoms with E-state index in [1.54, 1.807) is 27.3 Å². The summed E-state index contributed by atoms with van der Waals surface area (Å²) in [4.78, 5) is 0.407. The van der Waals surface area contributed by atoms with E-state index in [0.29, 0.717) is 18.0 Å². The fraction of sp³-hybridized carbons (Fsp3) is 0.462. The molecule has 0 spiro atoms. The maximum Gasteiger partial charge on any atom is 0.243 e. The second kappa shape index (κ2) is 5.31. The molecular formula is C13H17N3O2S2. The molecule has 1 N–H and O–H groups in total. The van der Waals surface area contributed by atoms with Crippen molar-refractivity contribution >= 4 is 21.4 Å². The van der Waals surface area contributed by atoms with E-state index in [1.165, 1.54) is 11.3 Å². The average Bonchev–Trinajstić information content (AvgIpc) is 3.10. The molecular weight excluding hydrogens is 294 g/mol. The Morgan fingerprint density at radius 1 is 1.50 bits per heavy atom. The first kappa shape index (κ1) is 13.8. The van der Waals surface area contributed by atoms with Crippen molar-refractivity contribution in [2.24, 2.45) is 0 Å². The van der Waals surface area contributed by atoms with Gasteiger partial charge < -0.3 is 0 Å². The number of aromatic amines is 1. The lowest BCUT2D eigenvalue weighted by Gasteiger charge is -2.31. The van der Waals surface area contributed by atoms with E-state index in [2.05, 4.69) is 10.2 Å². The zero-order valence-electron chi connectivity index (χ0n) is 11.2. The summed E-state index contributed by atoms with van der Waals surface area (Å²) >= 11 is 1.41. The molecule has 20 heavy (non-hydrogen) atoms. The van der Waals surface area contributed by atoms with Crippen LogP contribution in [0.5, 0.6) is 0 Å². The molecule has 3 rings (SSSR count). The summed E-state index contributed by atoms with van der Waals surface area (Å²) in [6.07, 6.45) is 3.67. The van der Waals surface area contributed by atoms with Crippen molar-refractivity contribution in [2.45, 2.75) is 30.6 Å². The van der Waals surface area contributed by atoms with Gasteiger partial charge in [-0.2, -0.15) is 20.7 Å². The molecule has 1 unspecified atom stereocenters. The van der Waals surface area contributed by atoms with E-state index in [0.717, 1.165) is 24.1 Å². The first-order valence-corrected chi connectivity index (χ1v) is 8.99. The Morgan fingerprint density at radius 2 is 2.35 bits per heavy atom. The minimum absolute atomic E-state index is 0.208. The Kier molecular flexibility index (Phi) is 3.66. The van der Waals surface area contributed by atoms with Crippen LogP contribution in [0, 0.1) is 6.92 Å². The molecule has 1 aliphatic rings. The highest BCUT2D eigenvalue weighted by atomic mass is 32.2. The van der Waals surface area contributed by atoms with Crippen LogP contribution in [-0.2, 0) is 10.0 Å². The van der Waals surface area contributed by atoms with Gasteiger partial charge in [0.15, 0.2) is 0 Å². The van der Waals surface area contributed by atoms with E-state index >= 15 is 0 Å². The molecule has 0 aliphatic carbocycles. The SMILES string of the molecule is Cc1cn[nH]c1C1CCCN(S(=O)(=O)c2ccsc2)C1. The Labute approximate surface area is 122 Å². The van der Waals surface area contributed by atoms with Gasteiger partial charge in [0, 0.05) is 30.1 Å². The number of aromatic nitrogens is 2. The van der Waals surface area contributed by atoms with Crippen molar-refractivity contribution < 1.29 is 8.42 Å². The molecule has 2 aromatic heterocycles. The zero-order chi connectivity index (χ0) is 14.2. The van der Waals surface area contributed by atoms with Crippen molar-refractivity contribution in [3.63, 3.8) is 0 Å². The molecule has 1 aliphatic heterocycles. The van der Waals surface area contributed by atoms with E-state index in [9.17, 15) is 8.42 Å². The van der Waals surface area contributed by atoms with Crippen LogP contribution in [0.4, 0.5) is 0 Å². The monoisotopic (exact) mass is 311 g/mol. The minimum Gasteiger partial charge on any atom is -0.282 e. The van der Waals surface area contributed by atoms with Crippen LogP contribution in [0.1, 0.15) is 30.0 Å². The third-order valence-electron chi connectivity index (χ3n) is 3.79. The smallest absolute Gasteiger partial charge is 0.243 e. The van der Waals surface area contributed by atoms with Gasteiger partial charge in [-0.15, -0.1) is 0 Å². The lowest BCUT2D eigenvalue weighted by molar-refractivity contribution is 0.312. The zero-order valence-corrected chi connectivity index (χ0v) is 12.9. The van der Waals surface area contributed by atoms with Gasteiger partial charge in [-0.25, -0.2) is 8.42 Å². The molecule has 1 fully saturated rings. The maximum atomic E-state index is 12.6. The summed E-state index contributed by atoms with van der Waals surface area (Å²) in [5.74, 6) is 0.208. The van der Waals surface area contributed by atoms with Gasteiger partial charge in [0.25, 0.3) is 0 Å². The highest BCUT2D eigenvalue weighted by Gasteiger charge is 2.32. The van der Waals surface area contributed by atoms with E-state index in [-0.39, 0.29) is 5.92 Å². The Bertz CT molecular complexity index is 676. The lowest BCUT2D eigenvalue weighted by Crippen LogP contribution is -2.39. The molecule has 0 bridgehead atoms. The summed E-state index contributed by atoms with van der Waals surface area (Å²) in [6, 6.07) is 1.67. The third-order valence-corrected chi connectivity index (χ3v) is 6.49. The normalized spacial score (nSPS) is 21.1. The average molecular weight is 311 g/mol. The molecule has 7 heteroatoms. The second-order valence-corrected chi connectivity index (χ2v) is 7.85. The molecule has 5 nitrogen and oxygen atoms in total. The second-order valence-electron chi connectivity index (χ2n) is 5.13. The summed E-state index contributed by atoms with van der Waals surface area (Å²) < 4.78 is 26.7. The van der Waals surface area contributed by atoms with E-state index < -0.39 is 10.0 Å². The molecule has 0 amide bonds.